The van der Waals surface area contributed by atoms with Crippen LogP contribution in [0.25, 0.3) is 0 Å². The van der Waals surface area contributed by atoms with E-state index in [0.29, 0.717) is 18.3 Å². The van der Waals surface area contributed by atoms with Crippen molar-refractivity contribution in [3.05, 3.63) is 0 Å². The molecule has 140 valence electrons. The highest BCUT2D eigenvalue weighted by atomic mass is 16.1. The molecule has 1 amide bonds. The van der Waals surface area contributed by atoms with Gasteiger partial charge in [0.15, 0.2) is 0 Å². The van der Waals surface area contributed by atoms with Crippen LogP contribution < -0.4 is 10.6 Å². The van der Waals surface area contributed by atoms with Crippen molar-refractivity contribution in [3.8, 4) is 0 Å². The molecule has 2 saturated heterocycles. The van der Waals surface area contributed by atoms with Gasteiger partial charge in [0.05, 0.1) is 0 Å². The molecule has 2 fully saturated rings. The number of piperidine rings is 1. The summed E-state index contributed by atoms with van der Waals surface area (Å²) in [5, 5.41) is 6.57. The highest BCUT2D eigenvalue weighted by Crippen LogP contribution is 2.22. The van der Waals surface area contributed by atoms with Crippen LogP contribution in [-0.4, -0.2) is 74.6 Å². The maximum absolute atomic E-state index is 12.1. The van der Waals surface area contributed by atoms with Crippen LogP contribution in [0.1, 0.15) is 46.0 Å². The number of likely N-dealkylation sites (N-methyl/N-ethyl adjacent to an activating group) is 1. The second-order valence-corrected chi connectivity index (χ2v) is 7.62. The van der Waals surface area contributed by atoms with Gasteiger partial charge in [0, 0.05) is 39.1 Å². The zero-order chi connectivity index (χ0) is 17.2. The summed E-state index contributed by atoms with van der Waals surface area (Å²) >= 11 is 0. The fourth-order valence-electron chi connectivity index (χ4n) is 3.91. The largest absolute Gasteiger partial charge is 0.356 e. The molecule has 0 aromatic rings. The molecule has 0 aromatic heterocycles. The van der Waals surface area contributed by atoms with Gasteiger partial charge >= 0.3 is 0 Å². The van der Waals surface area contributed by atoms with Crippen molar-refractivity contribution in [1.29, 1.82) is 0 Å². The predicted molar refractivity (Wildman–Crippen MR) is 100 cm³/mol. The summed E-state index contributed by atoms with van der Waals surface area (Å²) < 4.78 is 0. The van der Waals surface area contributed by atoms with E-state index in [2.05, 4.69) is 34.3 Å². The monoisotopic (exact) mass is 338 g/mol. The molecule has 2 rings (SSSR count). The van der Waals surface area contributed by atoms with E-state index in [0.717, 1.165) is 26.1 Å². The lowest BCUT2D eigenvalue weighted by molar-refractivity contribution is -0.122. The molecule has 0 spiro atoms. The summed E-state index contributed by atoms with van der Waals surface area (Å²) in [4.78, 5) is 17.2. The molecule has 0 radical (unpaired) electrons. The molecule has 5 nitrogen and oxygen atoms in total. The van der Waals surface area contributed by atoms with E-state index in [4.69, 9.17) is 0 Å². The number of carbonyl (C=O) groups excluding carboxylic acids is 1. The van der Waals surface area contributed by atoms with E-state index in [1.165, 1.54) is 58.5 Å². The van der Waals surface area contributed by atoms with Gasteiger partial charge in [0.1, 0.15) is 0 Å². The van der Waals surface area contributed by atoms with Gasteiger partial charge in [0.2, 0.25) is 5.91 Å². The van der Waals surface area contributed by atoms with Gasteiger partial charge in [-0.2, -0.15) is 0 Å². The van der Waals surface area contributed by atoms with E-state index < -0.39 is 0 Å². The van der Waals surface area contributed by atoms with E-state index in [-0.39, 0.29) is 5.91 Å². The molecule has 2 N–H and O–H groups in total. The van der Waals surface area contributed by atoms with Crippen molar-refractivity contribution in [2.45, 2.75) is 46.0 Å². The number of rotatable bonds is 9. The van der Waals surface area contributed by atoms with E-state index in [1.807, 2.05) is 0 Å². The van der Waals surface area contributed by atoms with Crippen LogP contribution in [0.15, 0.2) is 0 Å². The van der Waals surface area contributed by atoms with Gasteiger partial charge in [-0.25, -0.2) is 0 Å². The zero-order valence-corrected chi connectivity index (χ0v) is 15.9. The molecule has 24 heavy (non-hydrogen) atoms. The fourth-order valence-corrected chi connectivity index (χ4v) is 3.91. The van der Waals surface area contributed by atoms with Crippen molar-refractivity contribution in [2.75, 3.05) is 58.9 Å². The van der Waals surface area contributed by atoms with Gasteiger partial charge in [-0.05, 0) is 63.7 Å². The van der Waals surface area contributed by atoms with Crippen molar-refractivity contribution in [2.24, 2.45) is 11.8 Å². The van der Waals surface area contributed by atoms with Gasteiger partial charge in [0.25, 0.3) is 0 Å². The Morgan fingerprint density at radius 1 is 1.21 bits per heavy atom. The number of unbranched alkanes of at least 4 members (excludes halogenated alkanes) is 1. The smallest absolute Gasteiger partial charge is 0.220 e. The average molecular weight is 339 g/mol. The molecule has 5 heteroatoms. The third kappa shape index (κ3) is 7.08. The molecular weight excluding hydrogens is 300 g/mol. The maximum atomic E-state index is 12.1. The molecule has 2 heterocycles. The molecule has 2 aliphatic heterocycles. The summed E-state index contributed by atoms with van der Waals surface area (Å²) in [7, 11) is 0. The van der Waals surface area contributed by atoms with Crippen LogP contribution in [0.2, 0.25) is 0 Å². The number of amides is 1. The summed E-state index contributed by atoms with van der Waals surface area (Å²) in [6.07, 6.45) is 5.49. The van der Waals surface area contributed by atoms with Gasteiger partial charge in [-0.3, -0.25) is 4.79 Å². The molecule has 0 saturated carbocycles. The Labute approximate surface area is 148 Å². The average Bonchev–Trinajstić information content (AvgIpc) is 2.62. The highest BCUT2D eigenvalue weighted by molar-refractivity contribution is 5.76. The minimum Gasteiger partial charge on any atom is -0.356 e. The normalized spacial score (nSPS) is 24.7. The van der Waals surface area contributed by atoms with Crippen LogP contribution in [-0.2, 0) is 4.79 Å². The molecule has 0 aliphatic carbocycles. The molecule has 2 unspecified atom stereocenters. The highest BCUT2D eigenvalue weighted by Gasteiger charge is 2.21. The minimum absolute atomic E-state index is 0.240. The third-order valence-electron chi connectivity index (χ3n) is 5.78. The van der Waals surface area contributed by atoms with Crippen LogP contribution in [0, 0.1) is 11.8 Å². The fraction of sp³-hybridized carbons (Fsp3) is 0.947. The Morgan fingerprint density at radius 3 is 2.62 bits per heavy atom. The Morgan fingerprint density at radius 2 is 1.96 bits per heavy atom. The maximum Gasteiger partial charge on any atom is 0.220 e. The number of hydrogen-bond acceptors (Lipinski definition) is 4. The third-order valence-corrected chi connectivity index (χ3v) is 5.78. The summed E-state index contributed by atoms with van der Waals surface area (Å²) in [5.41, 5.74) is 0. The first-order valence-corrected chi connectivity index (χ1v) is 10.1. The minimum atomic E-state index is 0.240. The van der Waals surface area contributed by atoms with Crippen LogP contribution in [0.4, 0.5) is 0 Å². The standard InChI is InChI=1S/C19H38N4O/c1-3-22-11-13-23(14-12-22)10-5-4-9-21-19(24)15-17(2)18-7-6-8-20-16-18/h17-18,20H,3-16H2,1-2H3,(H,21,24). The number of hydrogen-bond donors (Lipinski definition) is 2. The van der Waals surface area contributed by atoms with E-state index >= 15 is 0 Å². The summed E-state index contributed by atoms with van der Waals surface area (Å²) in [6.45, 7) is 14.7. The lowest BCUT2D eigenvalue weighted by Gasteiger charge is -2.34. The number of nitrogens with zero attached hydrogens (tertiary/aromatic N) is 2. The van der Waals surface area contributed by atoms with Crippen molar-refractivity contribution < 1.29 is 4.79 Å². The Balaban J connectivity index is 1.47. The Bertz CT molecular complexity index is 349. The SMILES string of the molecule is CCN1CCN(CCCCNC(=O)CC(C)C2CCCNC2)CC1. The van der Waals surface area contributed by atoms with Gasteiger partial charge in [-0.15, -0.1) is 0 Å². The Hall–Kier alpha value is -0.650. The first-order valence-electron chi connectivity index (χ1n) is 10.1. The lowest BCUT2D eigenvalue weighted by Crippen LogP contribution is -2.46. The summed E-state index contributed by atoms with van der Waals surface area (Å²) in [6, 6.07) is 0. The predicted octanol–water partition coefficient (Wildman–Crippen LogP) is 1.55. The van der Waals surface area contributed by atoms with Crippen molar-refractivity contribution >= 4 is 5.91 Å². The molecule has 0 aromatic carbocycles. The molecular formula is C19H38N4O. The summed E-state index contributed by atoms with van der Waals surface area (Å²) in [5.74, 6) is 1.41. The van der Waals surface area contributed by atoms with Crippen LogP contribution in [0.3, 0.4) is 0 Å². The first-order chi connectivity index (χ1) is 11.7. The van der Waals surface area contributed by atoms with Crippen molar-refractivity contribution in [1.82, 2.24) is 20.4 Å². The quantitative estimate of drug-likeness (QED) is 0.626. The Kier molecular flexibility index (Phi) is 9.07. The second-order valence-electron chi connectivity index (χ2n) is 7.62. The zero-order valence-electron chi connectivity index (χ0n) is 15.9. The van der Waals surface area contributed by atoms with Crippen LogP contribution >= 0.6 is 0 Å². The number of carbonyl (C=O) groups is 1. The molecule has 2 atom stereocenters. The topological polar surface area (TPSA) is 47.6 Å². The number of nitrogens with one attached hydrogen (secondary N) is 2. The van der Waals surface area contributed by atoms with E-state index in [1.54, 1.807) is 0 Å². The second kappa shape index (κ2) is 11.1. The van der Waals surface area contributed by atoms with Crippen LogP contribution in [0.5, 0.6) is 0 Å². The first kappa shape index (κ1) is 19.7. The lowest BCUT2D eigenvalue weighted by atomic mass is 9.85. The molecule has 0 bridgehead atoms. The van der Waals surface area contributed by atoms with Gasteiger partial charge < -0.3 is 20.4 Å². The molecule has 2 aliphatic rings. The number of piperazine rings is 1. The van der Waals surface area contributed by atoms with Crippen molar-refractivity contribution in [3.63, 3.8) is 0 Å². The van der Waals surface area contributed by atoms with E-state index in [9.17, 15) is 4.79 Å². The van der Waals surface area contributed by atoms with Gasteiger partial charge in [-0.1, -0.05) is 13.8 Å².